The summed E-state index contributed by atoms with van der Waals surface area (Å²) in [5, 5.41) is 11.5. The van der Waals surface area contributed by atoms with E-state index >= 15 is 0 Å². The zero-order valence-corrected chi connectivity index (χ0v) is 13.7. The number of nitrogens with zero attached hydrogens (tertiary/aromatic N) is 2. The van der Waals surface area contributed by atoms with Crippen molar-refractivity contribution in [1.82, 2.24) is 4.98 Å². The Hall–Kier alpha value is -1.87. The van der Waals surface area contributed by atoms with Crippen molar-refractivity contribution in [2.45, 2.75) is 47.1 Å². The summed E-state index contributed by atoms with van der Waals surface area (Å²) in [4.78, 5) is 4.64. The standard InChI is InChI=1S/C18H24N2O/c1-12-10-13(2)17(14(3)11-12)15-8-7-9-16(19-15)20(21)18(4,5)6/h7-11,21H,1-6H3. The van der Waals surface area contributed by atoms with Gasteiger partial charge in [0.2, 0.25) is 0 Å². The van der Waals surface area contributed by atoms with Crippen LogP contribution < -0.4 is 5.06 Å². The average Bonchev–Trinajstić information content (AvgIpc) is 2.36. The first kappa shape index (κ1) is 15.5. The summed E-state index contributed by atoms with van der Waals surface area (Å²) in [6, 6.07) is 10.1. The summed E-state index contributed by atoms with van der Waals surface area (Å²) in [5.41, 5.74) is 5.32. The molecule has 0 aliphatic carbocycles. The Bertz CT molecular complexity index is 634. The van der Waals surface area contributed by atoms with Crippen LogP contribution in [0.15, 0.2) is 30.3 Å². The second kappa shape index (κ2) is 5.49. The first-order chi connectivity index (χ1) is 9.70. The van der Waals surface area contributed by atoms with E-state index < -0.39 is 0 Å². The number of benzene rings is 1. The van der Waals surface area contributed by atoms with Gasteiger partial charge < -0.3 is 0 Å². The molecule has 0 radical (unpaired) electrons. The third kappa shape index (κ3) is 3.24. The fourth-order valence-corrected chi connectivity index (χ4v) is 2.61. The van der Waals surface area contributed by atoms with Crippen molar-refractivity contribution < 1.29 is 5.21 Å². The van der Waals surface area contributed by atoms with Gasteiger partial charge >= 0.3 is 0 Å². The maximum atomic E-state index is 10.3. The van der Waals surface area contributed by atoms with Crippen molar-refractivity contribution >= 4 is 5.82 Å². The van der Waals surface area contributed by atoms with E-state index in [1.54, 1.807) is 0 Å². The minimum absolute atomic E-state index is 0.386. The van der Waals surface area contributed by atoms with E-state index in [9.17, 15) is 5.21 Å². The smallest absolute Gasteiger partial charge is 0.153 e. The van der Waals surface area contributed by atoms with Crippen molar-refractivity contribution in [3.8, 4) is 11.3 Å². The highest BCUT2D eigenvalue weighted by Crippen LogP contribution is 2.29. The molecule has 0 fully saturated rings. The lowest BCUT2D eigenvalue weighted by Crippen LogP contribution is -2.39. The Morgan fingerprint density at radius 1 is 1.00 bits per heavy atom. The largest absolute Gasteiger partial charge is 0.286 e. The molecule has 1 aromatic carbocycles. The molecule has 112 valence electrons. The lowest BCUT2D eigenvalue weighted by molar-refractivity contribution is 0.178. The molecule has 2 rings (SSSR count). The van der Waals surface area contributed by atoms with Gasteiger partial charge in [-0.3, -0.25) is 5.21 Å². The Morgan fingerprint density at radius 3 is 2.10 bits per heavy atom. The summed E-state index contributed by atoms with van der Waals surface area (Å²) in [7, 11) is 0. The van der Waals surface area contributed by atoms with Crippen molar-refractivity contribution in [2.75, 3.05) is 5.06 Å². The van der Waals surface area contributed by atoms with Crippen molar-refractivity contribution in [3.05, 3.63) is 47.0 Å². The molecule has 1 N–H and O–H groups in total. The highest BCUT2D eigenvalue weighted by atomic mass is 16.5. The van der Waals surface area contributed by atoms with Gasteiger partial charge in [-0.25, -0.2) is 10.0 Å². The molecule has 2 aromatic rings. The molecule has 0 atom stereocenters. The van der Waals surface area contributed by atoms with Crippen LogP contribution in [0.25, 0.3) is 11.3 Å². The summed E-state index contributed by atoms with van der Waals surface area (Å²) >= 11 is 0. The van der Waals surface area contributed by atoms with Gasteiger partial charge in [0.15, 0.2) is 5.82 Å². The van der Waals surface area contributed by atoms with E-state index in [2.05, 4.69) is 37.9 Å². The van der Waals surface area contributed by atoms with E-state index in [1.807, 2.05) is 39.0 Å². The van der Waals surface area contributed by atoms with Crippen LogP contribution in [0, 0.1) is 20.8 Å². The highest BCUT2D eigenvalue weighted by Gasteiger charge is 2.21. The van der Waals surface area contributed by atoms with E-state index in [4.69, 9.17) is 0 Å². The molecule has 3 heteroatoms. The van der Waals surface area contributed by atoms with Gasteiger partial charge in [0.25, 0.3) is 0 Å². The number of hydrogen-bond donors (Lipinski definition) is 1. The lowest BCUT2D eigenvalue weighted by atomic mass is 9.97. The molecular formula is C18H24N2O. The maximum Gasteiger partial charge on any atom is 0.153 e. The van der Waals surface area contributed by atoms with Crippen LogP contribution in [-0.4, -0.2) is 15.7 Å². The zero-order valence-electron chi connectivity index (χ0n) is 13.7. The van der Waals surface area contributed by atoms with Crippen LogP contribution in [0.2, 0.25) is 0 Å². The van der Waals surface area contributed by atoms with Crippen molar-refractivity contribution in [1.29, 1.82) is 0 Å². The molecule has 3 nitrogen and oxygen atoms in total. The summed E-state index contributed by atoms with van der Waals surface area (Å²) < 4.78 is 0. The molecule has 0 bridgehead atoms. The Labute approximate surface area is 127 Å². The van der Waals surface area contributed by atoms with Crippen LogP contribution in [0.5, 0.6) is 0 Å². The predicted molar refractivity (Wildman–Crippen MR) is 87.9 cm³/mol. The Morgan fingerprint density at radius 2 is 1.57 bits per heavy atom. The minimum atomic E-state index is -0.386. The quantitative estimate of drug-likeness (QED) is 0.814. The summed E-state index contributed by atoms with van der Waals surface area (Å²) in [5.74, 6) is 0.569. The fourth-order valence-electron chi connectivity index (χ4n) is 2.61. The third-order valence-electron chi connectivity index (χ3n) is 3.52. The SMILES string of the molecule is Cc1cc(C)c(-c2cccc(N(O)C(C)(C)C)n2)c(C)c1. The molecule has 0 amide bonds. The van der Waals surface area contributed by atoms with Gasteiger partial charge in [0, 0.05) is 5.56 Å². The molecular weight excluding hydrogens is 260 g/mol. The maximum absolute atomic E-state index is 10.3. The molecule has 0 aliphatic heterocycles. The number of hydroxylamine groups is 1. The minimum Gasteiger partial charge on any atom is -0.286 e. The summed E-state index contributed by atoms with van der Waals surface area (Å²) in [6.07, 6.45) is 0. The van der Waals surface area contributed by atoms with E-state index in [1.165, 1.54) is 21.8 Å². The van der Waals surface area contributed by atoms with Gasteiger partial charge in [0.1, 0.15) is 0 Å². The molecule has 1 aromatic heterocycles. The molecule has 1 heterocycles. The second-order valence-corrected chi connectivity index (χ2v) is 6.64. The molecule has 0 aliphatic rings. The molecule has 0 spiro atoms. The van der Waals surface area contributed by atoms with Crippen LogP contribution >= 0.6 is 0 Å². The van der Waals surface area contributed by atoms with Crippen molar-refractivity contribution in [2.24, 2.45) is 0 Å². The number of rotatable bonds is 2. The molecule has 0 saturated carbocycles. The first-order valence-corrected chi connectivity index (χ1v) is 7.24. The van der Waals surface area contributed by atoms with Crippen LogP contribution in [0.4, 0.5) is 5.82 Å². The topological polar surface area (TPSA) is 36.4 Å². The van der Waals surface area contributed by atoms with Gasteiger partial charge in [-0.2, -0.15) is 0 Å². The molecule has 0 saturated heterocycles. The van der Waals surface area contributed by atoms with Gasteiger partial charge in [-0.1, -0.05) is 23.8 Å². The van der Waals surface area contributed by atoms with E-state index in [0.29, 0.717) is 5.82 Å². The fraction of sp³-hybridized carbons (Fsp3) is 0.389. The predicted octanol–water partition coefficient (Wildman–Crippen LogP) is 4.67. The Kier molecular flexibility index (Phi) is 4.06. The first-order valence-electron chi connectivity index (χ1n) is 7.24. The van der Waals surface area contributed by atoms with Crippen LogP contribution in [-0.2, 0) is 0 Å². The number of aromatic nitrogens is 1. The van der Waals surface area contributed by atoms with Crippen LogP contribution in [0.3, 0.4) is 0 Å². The molecule has 0 unspecified atom stereocenters. The number of pyridine rings is 1. The number of aryl methyl sites for hydroxylation is 3. The molecule has 21 heavy (non-hydrogen) atoms. The second-order valence-electron chi connectivity index (χ2n) is 6.64. The number of hydrogen-bond acceptors (Lipinski definition) is 3. The Balaban J connectivity index is 2.53. The third-order valence-corrected chi connectivity index (χ3v) is 3.52. The van der Waals surface area contributed by atoms with Gasteiger partial charge in [0.05, 0.1) is 11.2 Å². The zero-order chi connectivity index (χ0) is 15.8. The van der Waals surface area contributed by atoms with E-state index in [-0.39, 0.29) is 5.54 Å². The highest BCUT2D eigenvalue weighted by molar-refractivity contribution is 5.69. The average molecular weight is 284 g/mol. The normalized spacial score (nSPS) is 11.6. The van der Waals surface area contributed by atoms with Gasteiger partial charge in [-0.15, -0.1) is 0 Å². The van der Waals surface area contributed by atoms with Gasteiger partial charge in [-0.05, 0) is 64.8 Å². The van der Waals surface area contributed by atoms with E-state index in [0.717, 1.165) is 11.3 Å². The summed E-state index contributed by atoms with van der Waals surface area (Å²) in [6.45, 7) is 12.1. The number of anilines is 1. The van der Waals surface area contributed by atoms with Crippen LogP contribution in [0.1, 0.15) is 37.5 Å². The van der Waals surface area contributed by atoms with Crippen molar-refractivity contribution in [3.63, 3.8) is 0 Å². The lowest BCUT2D eigenvalue weighted by Gasteiger charge is -2.30. The monoisotopic (exact) mass is 284 g/mol.